The van der Waals surface area contributed by atoms with E-state index < -0.39 is 6.03 Å². The molecule has 94 valence electrons. The molecule has 3 heteroatoms. The maximum Gasteiger partial charge on any atom is 0.316 e. The molecule has 0 aliphatic heterocycles. The fourth-order valence-corrected chi connectivity index (χ4v) is 1.93. The van der Waals surface area contributed by atoms with E-state index in [9.17, 15) is 4.79 Å². The van der Waals surface area contributed by atoms with Gasteiger partial charge in [-0.1, -0.05) is 45.0 Å². The number of nitrogens with one attached hydrogen (secondary N) is 1. The Kier molecular flexibility index (Phi) is 2.99. The Hall–Kier alpha value is -2.03. The first-order chi connectivity index (χ1) is 8.36. The van der Waals surface area contributed by atoms with Crippen molar-refractivity contribution in [3.63, 3.8) is 0 Å². The van der Waals surface area contributed by atoms with Gasteiger partial charge in [0, 0.05) is 5.69 Å². The topological polar surface area (TPSA) is 55.1 Å². The van der Waals surface area contributed by atoms with Crippen molar-refractivity contribution in [1.29, 1.82) is 0 Å². The van der Waals surface area contributed by atoms with E-state index in [1.165, 1.54) is 5.56 Å². The van der Waals surface area contributed by atoms with Crippen molar-refractivity contribution < 1.29 is 4.79 Å². The summed E-state index contributed by atoms with van der Waals surface area (Å²) in [5.74, 6) is 0. The van der Waals surface area contributed by atoms with Crippen LogP contribution >= 0.6 is 0 Å². The van der Waals surface area contributed by atoms with E-state index in [4.69, 9.17) is 5.73 Å². The highest BCUT2D eigenvalue weighted by Gasteiger charge is 2.13. The number of hydrogen-bond acceptors (Lipinski definition) is 1. The average Bonchev–Trinajstić information content (AvgIpc) is 2.26. The second-order valence-corrected chi connectivity index (χ2v) is 5.52. The zero-order chi connectivity index (χ0) is 13.3. The quantitative estimate of drug-likeness (QED) is 0.788. The highest BCUT2D eigenvalue weighted by molar-refractivity contribution is 5.92. The summed E-state index contributed by atoms with van der Waals surface area (Å²) in [6, 6.07) is 11.6. The second-order valence-electron chi connectivity index (χ2n) is 5.52. The minimum absolute atomic E-state index is 0.137. The lowest BCUT2D eigenvalue weighted by atomic mass is 9.86. The van der Waals surface area contributed by atoms with Crippen molar-refractivity contribution >= 4 is 22.5 Å². The van der Waals surface area contributed by atoms with Gasteiger partial charge in [0.15, 0.2) is 0 Å². The lowest BCUT2D eigenvalue weighted by Gasteiger charge is -2.19. The third-order valence-electron chi connectivity index (χ3n) is 2.97. The molecule has 0 unspecified atom stereocenters. The minimum Gasteiger partial charge on any atom is -0.351 e. The number of nitrogens with two attached hydrogens (primary N) is 1. The van der Waals surface area contributed by atoms with Gasteiger partial charge >= 0.3 is 6.03 Å². The highest BCUT2D eigenvalue weighted by atomic mass is 16.2. The number of hydrogen-bond donors (Lipinski definition) is 2. The second kappa shape index (κ2) is 4.33. The first-order valence-corrected chi connectivity index (χ1v) is 5.97. The first-order valence-electron chi connectivity index (χ1n) is 5.97. The normalized spacial score (nSPS) is 11.5. The Morgan fingerprint density at radius 3 is 2.28 bits per heavy atom. The number of amides is 2. The molecule has 0 fully saturated rings. The number of fused-ring (bicyclic) bond motifs is 1. The van der Waals surface area contributed by atoms with Crippen LogP contribution < -0.4 is 11.1 Å². The van der Waals surface area contributed by atoms with Gasteiger partial charge in [-0.3, -0.25) is 0 Å². The molecule has 2 aromatic rings. The van der Waals surface area contributed by atoms with Crippen LogP contribution in [-0.4, -0.2) is 6.03 Å². The van der Waals surface area contributed by atoms with Crippen molar-refractivity contribution in [3.05, 3.63) is 42.0 Å². The summed E-state index contributed by atoms with van der Waals surface area (Å²) in [5, 5.41) is 4.84. The van der Waals surface area contributed by atoms with Crippen LogP contribution in [0, 0.1) is 0 Å². The third kappa shape index (κ3) is 2.62. The van der Waals surface area contributed by atoms with Gasteiger partial charge in [-0.05, 0) is 33.9 Å². The van der Waals surface area contributed by atoms with E-state index in [-0.39, 0.29) is 5.41 Å². The molecule has 0 bridgehead atoms. The fourth-order valence-electron chi connectivity index (χ4n) is 1.93. The van der Waals surface area contributed by atoms with E-state index >= 15 is 0 Å². The van der Waals surface area contributed by atoms with Crippen LogP contribution in [0.1, 0.15) is 26.3 Å². The van der Waals surface area contributed by atoms with E-state index in [1.807, 2.05) is 18.2 Å². The Morgan fingerprint density at radius 2 is 1.67 bits per heavy atom. The number of anilines is 1. The van der Waals surface area contributed by atoms with Crippen LogP contribution in [0.5, 0.6) is 0 Å². The van der Waals surface area contributed by atoms with Crippen LogP contribution in [0.15, 0.2) is 36.4 Å². The summed E-state index contributed by atoms with van der Waals surface area (Å²) >= 11 is 0. The van der Waals surface area contributed by atoms with E-state index in [1.54, 1.807) is 0 Å². The molecule has 0 aromatic heterocycles. The molecule has 0 aliphatic carbocycles. The zero-order valence-electron chi connectivity index (χ0n) is 10.9. The molecule has 0 radical (unpaired) electrons. The number of urea groups is 1. The molecule has 3 N–H and O–H groups in total. The molecular formula is C15H18N2O. The smallest absolute Gasteiger partial charge is 0.316 e. The molecule has 0 saturated carbocycles. The third-order valence-corrected chi connectivity index (χ3v) is 2.97. The molecule has 0 heterocycles. The molecule has 18 heavy (non-hydrogen) atoms. The molecule has 0 saturated heterocycles. The monoisotopic (exact) mass is 242 g/mol. The summed E-state index contributed by atoms with van der Waals surface area (Å²) < 4.78 is 0. The van der Waals surface area contributed by atoms with Gasteiger partial charge in [0.25, 0.3) is 0 Å². The number of rotatable bonds is 1. The fraction of sp³-hybridized carbons (Fsp3) is 0.267. The van der Waals surface area contributed by atoms with Gasteiger partial charge in [-0.2, -0.15) is 0 Å². The molecule has 2 amide bonds. The lowest BCUT2D eigenvalue weighted by molar-refractivity contribution is 0.259. The molecule has 0 atom stereocenters. The largest absolute Gasteiger partial charge is 0.351 e. The van der Waals surface area contributed by atoms with Gasteiger partial charge in [0.1, 0.15) is 0 Å². The molecule has 3 nitrogen and oxygen atoms in total. The summed E-state index contributed by atoms with van der Waals surface area (Å²) in [6.45, 7) is 6.57. The van der Waals surface area contributed by atoms with Gasteiger partial charge in [0.2, 0.25) is 0 Å². The molecule has 0 aliphatic rings. The Bertz CT molecular complexity index is 597. The van der Waals surface area contributed by atoms with Crippen LogP contribution in [0.2, 0.25) is 0 Å². The molecular weight excluding hydrogens is 224 g/mol. The van der Waals surface area contributed by atoms with Crippen LogP contribution in [0.3, 0.4) is 0 Å². The van der Waals surface area contributed by atoms with Gasteiger partial charge in [-0.15, -0.1) is 0 Å². The maximum absolute atomic E-state index is 10.8. The number of benzene rings is 2. The SMILES string of the molecule is CC(C)(C)c1ccc2cc(NC(N)=O)ccc2c1. The van der Waals surface area contributed by atoms with E-state index in [0.717, 1.165) is 16.5 Å². The van der Waals surface area contributed by atoms with Gasteiger partial charge in [0.05, 0.1) is 0 Å². The van der Waals surface area contributed by atoms with Crippen LogP contribution in [0.25, 0.3) is 10.8 Å². The zero-order valence-corrected chi connectivity index (χ0v) is 10.9. The average molecular weight is 242 g/mol. The predicted molar refractivity (Wildman–Crippen MR) is 75.9 cm³/mol. The van der Waals surface area contributed by atoms with Gasteiger partial charge in [-0.25, -0.2) is 4.79 Å². The molecule has 2 rings (SSSR count). The van der Waals surface area contributed by atoms with Crippen molar-refractivity contribution in [2.45, 2.75) is 26.2 Å². The standard InChI is InChI=1S/C15H18N2O/c1-15(2,3)12-6-4-11-9-13(17-14(16)18)7-5-10(11)8-12/h4-9H,1-3H3,(H3,16,17,18). The van der Waals surface area contributed by atoms with Crippen LogP contribution in [0.4, 0.5) is 10.5 Å². The van der Waals surface area contributed by atoms with E-state index in [0.29, 0.717) is 0 Å². The number of carbonyl (C=O) groups excluding carboxylic acids is 1. The van der Waals surface area contributed by atoms with Crippen molar-refractivity contribution in [3.8, 4) is 0 Å². The van der Waals surface area contributed by atoms with Gasteiger partial charge < -0.3 is 11.1 Å². The summed E-state index contributed by atoms with van der Waals surface area (Å²) in [4.78, 5) is 10.8. The molecule has 0 spiro atoms. The summed E-state index contributed by atoms with van der Waals surface area (Å²) in [6.07, 6.45) is 0. The maximum atomic E-state index is 10.8. The first kappa shape index (κ1) is 12.4. The minimum atomic E-state index is -0.541. The Morgan fingerprint density at radius 1 is 1.06 bits per heavy atom. The lowest BCUT2D eigenvalue weighted by Crippen LogP contribution is -2.19. The van der Waals surface area contributed by atoms with Crippen molar-refractivity contribution in [2.75, 3.05) is 5.32 Å². The van der Waals surface area contributed by atoms with E-state index in [2.05, 4.69) is 44.3 Å². The highest BCUT2D eigenvalue weighted by Crippen LogP contribution is 2.27. The van der Waals surface area contributed by atoms with Crippen LogP contribution in [-0.2, 0) is 5.41 Å². The number of primary amides is 1. The van der Waals surface area contributed by atoms with Crippen molar-refractivity contribution in [2.24, 2.45) is 5.73 Å². The molecule has 2 aromatic carbocycles. The number of carbonyl (C=O) groups is 1. The summed E-state index contributed by atoms with van der Waals surface area (Å²) in [7, 11) is 0. The Balaban J connectivity index is 2.45. The Labute approximate surface area is 107 Å². The predicted octanol–water partition coefficient (Wildman–Crippen LogP) is 3.63. The summed E-state index contributed by atoms with van der Waals surface area (Å²) in [5.41, 5.74) is 7.25. The van der Waals surface area contributed by atoms with Crippen molar-refractivity contribution in [1.82, 2.24) is 0 Å².